The van der Waals surface area contributed by atoms with E-state index in [4.69, 9.17) is 0 Å². The number of likely N-dealkylation sites (N-methyl/N-ethyl adjacent to an activating group) is 1. The molecule has 0 radical (unpaired) electrons. The van der Waals surface area contributed by atoms with Gasteiger partial charge in [0.15, 0.2) is 0 Å². The fourth-order valence-electron chi connectivity index (χ4n) is 4.07. The highest BCUT2D eigenvalue weighted by Gasteiger charge is 2.25. The van der Waals surface area contributed by atoms with E-state index in [9.17, 15) is 0 Å². The second-order valence-electron chi connectivity index (χ2n) is 6.94. The first-order chi connectivity index (χ1) is 12.7. The molecule has 3 nitrogen and oxygen atoms in total. The van der Waals surface area contributed by atoms with Crippen molar-refractivity contribution in [1.82, 2.24) is 4.68 Å². The van der Waals surface area contributed by atoms with Gasteiger partial charge in [-0.3, -0.25) is 10.1 Å². The van der Waals surface area contributed by atoms with Crippen LogP contribution in [0.4, 0.5) is 11.4 Å². The van der Waals surface area contributed by atoms with Crippen molar-refractivity contribution in [2.24, 2.45) is 0 Å². The van der Waals surface area contributed by atoms with Crippen LogP contribution in [-0.4, -0.2) is 18.3 Å². The Bertz CT molecular complexity index is 1080. The van der Waals surface area contributed by atoms with Gasteiger partial charge in [-0.25, -0.2) is 0 Å². The molecule has 5 rings (SSSR count). The average Bonchev–Trinajstić information content (AvgIpc) is 3.20. The lowest BCUT2D eigenvalue weighted by molar-refractivity contribution is 0.931. The number of aromatic nitrogens is 1. The van der Waals surface area contributed by atoms with Gasteiger partial charge in [-0.15, -0.1) is 0 Å². The summed E-state index contributed by atoms with van der Waals surface area (Å²) in [5.41, 5.74) is 12.1. The molecule has 1 aliphatic heterocycles. The summed E-state index contributed by atoms with van der Waals surface area (Å²) in [6, 6.07) is 14.8. The molecular weight excluding hydrogens is 318 g/mol. The molecule has 0 saturated heterocycles. The van der Waals surface area contributed by atoms with E-state index in [2.05, 4.69) is 89.3 Å². The molecule has 0 atom stereocenters. The van der Waals surface area contributed by atoms with Crippen LogP contribution in [0.5, 0.6) is 0 Å². The number of nitrogens with one attached hydrogen (secondary N) is 1. The van der Waals surface area contributed by atoms with E-state index in [0.29, 0.717) is 0 Å². The van der Waals surface area contributed by atoms with Crippen LogP contribution in [0.1, 0.15) is 16.8 Å². The molecule has 3 aromatic rings. The fourth-order valence-corrected chi connectivity index (χ4v) is 4.07. The molecule has 2 aromatic carbocycles. The van der Waals surface area contributed by atoms with Gasteiger partial charge >= 0.3 is 0 Å². The number of hydrogen-bond acceptors (Lipinski definition) is 2. The third-order valence-corrected chi connectivity index (χ3v) is 5.28. The van der Waals surface area contributed by atoms with Crippen LogP contribution in [0.2, 0.25) is 0 Å². The summed E-state index contributed by atoms with van der Waals surface area (Å²) in [6.07, 6.45) is 9.76. The number of anilines is 2. The number of nitrogens with zero attached hydrogens (tertiary/aromatic N) is 2. The summed E-state index contributed by atoms with van der Waals surface area (Å²) in [6.45, 7) is 5.16. The SMILES string of the molecule is C=C1C=CCN(C)c2c1ccc1c2c2c(n1Nc1ccccc1)CC=C2. The summed E-state index contributed by atoms with van der Waals surface area (Å²) in [5.74, 6) is 0. The maximum absolute atomic E-state index is 4.27. The van der Waals surface area contributed by atoms with Crippen molar-refractivity contribution in [2.75, 3.05) is 23.9 Å². The Balaban J connectivity index is 1.79. The lowest BCUT2D eigenvalue weighted by Crippen LogP contribution is -2.17. The molecule has 128 valence electrons. The van der Waals surface area contributed by atoms with Crippen molar-refractivity contribution in [2.45, 2.75) is 6.42 Å². The lowest BCUT2D eigenvalue weighted by Gasteiger charge is -2.21. The summed E-state index contributed by atoms with van der Waals surface area (Å²) >= 11 is 0. The maximum atomic E-state index is 4.27. The van der Waals surface area contributed by atoms with Crippen molar-refractivity contribution >= 4 is 33.9 Å². The number of fused-ring (bicyclic) bond motifs is 5. The van der Waals surface area contributed by atoms with Gasteiger partial charge < -0.3 is 4.90 Å². The summed E-state index contributed by atoms with van der Waals surface area (Å²) in [7, 11) is 2.16. The van der Waals surface area contributed by atoms with Gasteiger partial charge in [-0.05, 0) is 23.8 Å². The highest BCUT2D eigenvalue weighted by Crippen LogP contribution is 2.42. The molecular formula is C23H21N3. The molecule has 0 saturated carbocycles. The van der Waals surface area contributed by atoms with E-state index < -0.39 is 0 Å². The Labute approximate surface area is 153 Å². The molecule has 3 heteroatoms. The topological polar surface area (TPSA) is 20.2 Å². The summed E-state index contributed by atoms with van der Waals surface area (Å²) in [4.78, 5) is 2.33. The first kappa shape index (κ1) is 15.1. The minimum Gasteiger partial charge on any atom is -0.370 e. The Hall–Kier alpha value is -3.20. The summed E-state index contributed by atoms with van der Waals surface area (Å²) in [5, 5.41) is 1.31. The monoisotopic (exact) mass is 339 g/mol. The molecule has 2 aliphatic rings. The Morgan fingerprint density at radius 1 is 1.00 bits per heavy atom. The van der Waals surface area contributed by atoms with Crippen LogP contribution in [0.3, 0.4) is 0 Å². The maximum Gasteiger partial charge on any atom is 0.0727 e. The molecule has 1 aromatic heterocycles. The number of para-hydroxylation sites is 1. The highest BCUT2D eigenvalue weighted by atomic mass is 15.4. The molecule has 0 fully saturated rings. The third kappa shape index (κ3) is 2.14. The molecule has 0 amide bonds. The van der Waals surface area contributed by atoms with Gasteiger partial charge in [0.05, 0.1) is 22.6 Å². The molecule has 26 heavy (non-hydrogen) atoms. The molecule has 1 aliphatic carbocycles. The van der Waals surface area contributed by atoms with Gasteiger partial charge in [0.2, 0.25) is 0 Å². The van der Waals surface area contributed by atoms with E-state index in [1.807, 2.05) is 6.07 Å². The number of rotatable bonds is 2. The highest BCUT2D eigenvalue weighted by molar-refractivity contribution is 6.07. The zero-order chi connectivity index (χ0) is 17.7. The van der Waals surface area contributed by atoms with E-state index in [0.717, 1.165) is 24.2 Å². The zero-order valence-corrected chi connectivity index (χ0v) is 14.9. The van der Waals surface area contributed by atoms with Crippen LogP contribution in [0.15, 0.2) is 67.3 Å². The standard InChI is InChI=1S/C23H21N3/c1-16-8-7-15-25(2)23-18(16)13-14-21-22(23)19-11-6-12-20(19)26(21)24-17-9-4-3-5-10-17/h3-11,13-14,24H,1,12,15H2,2H3. The molecule has 2 heterocycles. The normalized spacial score (nSPS) is 15.3. The predicted octanol–water partition coefficient (Wildman–Crippen LogP) is 5.11. The van der Waals surface area contributed by atoms with E-state index in [-0.39, 0.29) is 0 Å². The van der Waals surface area contributed by atoms with Crippen LogP contribution >= 0.6 is 0 Å². The van der Waals surface area contributed by atoms with Gasteiger partial charge in [-0.1, -0.05) is 55.1 Å². The molecule has 0 spiro atoms. The Morgan fingerprint density at radius 3 is 2.69 bits per heavy atom. The van der Waals surface area contributed by atoms with Gasteiger partial charge in [0, 0.05) is 36.5 Å². The molecule has 0 unspecified atom stereocenters. The minimum absolute atomic E-state index is 0.890. The minimum atomic E-state index is 0.890. The zero-order valence-electron chi connectivity index (χ0n) is 14.9. The average molecular weight is 339 g/mol. The van der Waals surface area contributed by atoms with Gasteiger partial charge in [0.1, 0.15) is 0 Å². The van der Waals surface area contributed by atoms with Crippen LogP contribution in [0, 0.1) is 0 Å². The largest absolute Gasteiger partial charge is 0.370 e. The van der Waals surface area contributed by atoms with Crippen molar-refractivity contribution in [3.8, 4) is 0 Å². The molecule has 1 N–H and O–H groups in total. The first-order valence-corrected chi connectivity index (χ1v) is 9.00. The van der Waals surface area contributed by atoms with Crippen LogP contribution < -0.4 is 10.3 Å². The predicted molar refractivity (Wildman–Crippen MR) is 112 cm³/mol. The lowest BCUT2D eigenvalue weighted by atomic mass is 10.00. The number of benzene rings is 2. The van der Waals surface area contributed by atoms with Crippen molar-refractivity contribution in [3.05, 3.63) is 84.1 Å². The van der Waals surface area contributed by atoms with Crippen molar-refractivity contribution < 1.29 is 0 Å². The number of allylic oxidation sites excluding steroid dienone is 3. The van der Waals surface area contributed by atoms with Gasteiger partial charge in [0.25, 0.3) is 0 Å². The van der Waals surface area contributed by atoms with Gasteiger partial charge in [-0.2, -0.15) is 0 Å². The second-order valence-corrected chi connectivity index (χ2v) is 6.94. The fraction of sp³-hybridized carbons (Fsp3) is 0.130. The van der Waals surface area contributed by atoms with E-state index >= 15 is 0 Å². The quantitative estimate of drug-likeness (QED) is 0.700. The van der Waals surface area contributed by atoms with E-state index in [1.165, 1.54) is 33.4 Å². The first-order valence-electron chi connectivity index (χ1n) is 9.00. The molecule has 0 bridgehead atoms. The Kier molecular flexibility index (Phi) is 3.29. The second kappa shape index (κ2) is 5.67. The third-order valence-electron chi connectivity index (χ3n) is 5.28. The summed E-state index contributed by atoms with van der Waals surface area (Å²) < 4.78 is 2.25. The number of hydrogen-bond donors (Lipinski definition) is 1. The van der Waals surface area contributed by atoms with Crippen molar-refractivity contribution in [1.29, 1.82) is 0 Å². The van der Waals surface area contributed by atoms with E-state index in [1.54, 1.807) is 0 Å². The van der Waals surface area contributed by atoms with Crippen molar-refractivity contribution in [3.63, 3.8) is 0 Å². The smallest absolute Gasteiger partial charge is 0.0727 e. The van der Waals surface area contributed by atoms with Crippen LogP contribution in [0.25, 0.3) is 22.6 Å². The van der Waals surface area contributed by atoms with Crippen LogP contribution in [-0.2, 0) is 6.42 Å². The Morgan fingerprint density at radius 2 is 1.85 bits per heavy atom.